The normalized spacial score (nSPS) is 17.9. The Labute approximate surface area is 91.5 Å². The van der Waals surface area contributed by atoms with E-state index in [9.17, 15) is 4.79 Å². The summed E-state index contributed by atoms with van der Waals surface area (Å²) in [7, 11) is 1.65. The maximum Gasteiger partial charge on any atom is 0.251 e. The highest BCUT2D eigenvalue weighted by atomic mass is 16.7. The van der Waals surface area contributed by atoms with Crippen molar-refractivity contribution in [2.45, 2.75) is 33.1 Å². The topological polar surface area (TPSA) is 38.8 Å². The fourth-order valence-corrected chi connectivity index (χ4v) is 1.56. The van der Waals surface area contributed by atoms with E-state index in [0.717, 1.165) is 25.8 Å². The van der Waals surface area contributed by atoms with E-state index in [1.54, 1.807) is 7.11 Å². The molecule has 0 atom stereocenters. The smallest absolute Gasteiger partial charge is 0.251 e. The molecule has 0 aliphatic carbocycles. The lowest BCUT2D eigenvalue weighted by Crippen LogP contribution is -2.43. The van der Waals surface area contributed by atoms with Crippen LogP contribution < -0.4 is 0 Å². The van der Waals surface area contributed by atoms with Crippen molar-refractivity contribution in [2.75, 3.05) is 26.9 Å². The predicted molar refractivity (Wildman–Crippen MR) is 57.2 cm³/mol. The Morgan fingerprint density at radius 1 is 1.47 bits per heavy atom. The highest BCUT2D eigenvalue weighted by Gasteiger charge is 2.33. The Morgan fingerprint density at radius 3 is 2.73 bits per heavy atom. The van der Waals surface area contributed by atoms with Gasteiger partial charge in [0.05, 0.1) is 6.61 Å². The number of rotatable bonds is 4. The number of ether oxygens (including phenoxy) is 1. The molecule has 4 nitrogen and oxygen atoms in total. The van der Waals surface area contributed by atoms with E-state index >= 15 is 0 Å². The third-order valence-corrected chi connectivity index (χ3v) is 2.74. The Kier molecular flexibility index (Phi) is 4.54. The quantitative estimate of drug-likeness (QED) is 0.715. The number of carbonyl (C=O) groups excluding carboxylic acids is 1. The molecule has 15 heavy (non-hydrogen) atoms. The molecule has 0 aromatic rings. The molecule has 88 valence electrons. The molecule has 0 bridgehead atoms. The van der Waals surface area contributed by atoms with Gasteiger partial charge >= 0.3 is 0 Å². The second-order valence-corrected chi connectivity index (χ2v) is 4.57. The molecule has 1 fully saturated rings. The molecular formula is C11H21NO3. The van der Waals surface area contributed by atoms with E-state index in [0.29, 0.717) is 13.2 Å². The fraction of sp³-hybridized carbons (Fsp3) is 0.909. The Bertz CT molecular complexity index is 210. The highest BCUT2D eigenvalue weighted by Crippen LogP contribution is 2.25. The largest absolute Gasteiger partial charge is 0.385 e. The molecule has 4 heteroatoms. The zero-order valence-corrected chi connectivity index (χ0v) is 9.91. The van der Waals surface area contributed by atoms with Crippen LogP contribution in [0.3, 0.4) is 0 Å². The number of hydroxylamine groups is 2. The van der Waals surface area contributed by atoms with Crippen molar-refractivity contribution >= 4 is 5.91 Å². The number of hydrogen-bond acceptors (Lipinski definition) is 3. The summed E-state index contributed by atoms with van der Waals surface area (Å²) in [5.74, 6) is 0.0688. The summed E-state index contributed by atoms with van der Waals surface area (Å²) in [4.78, 5) is 17.4. The zero-order chi connectivity index (χ0) is 11.3. The minimum absolute atomic E-state index is 0.0688. The number of hydrogen-bond donors (Lipinski definition) is 0. The average molecular weight is 215 g/mol. The minimum atomic E-state index is -0.395. The SMILES string of the molecule is COCCC(C)(C)C(=O)N1CCCCO1. The zero-order valence-electron chi connectivity index (χ0n) is 9.91. The first-order chi connectivity index (χ1) is 7.08. The van der Waals surface area contributed by atoms with Gasteiger partial charge < -0.3 is 4.74 Å². The van der Waals surface area contributed by atoms with Crippen molar-refractivity contribution in [3.05, 3.63) is 0 Å². The van der Waals surface area contributed by atoms with E-state index < -0.39 is 5.41 Å². The molecule has 1 saturated heterocycles. The first-order valence-corrected chi connectivity index (χ1v) is 5.52. The van der Waals surface area contributed by atoms with Crippen molar-refractivity contribution in [3.63, 3.8) is 0 Å². The van der Waals surface area contributed by atoms with E-state index in [2.05, 4.69) is 0 Å². The number of carbonyl (C=O) groups is 1. The van der Waals surface area contributed by atoms with Crippen LogP contribution in [0.25, 0.3) is 0 Å². The lowest BCUT2D eigenvalue weighted by atomic mass is 9.88. The van der Waals surface area contributed by atoms with Gasteiger partial charge in [-0.2, -0.15) is 0 Å². The maximum absolute atomic E-state index is 12.1. The van der Waals surface area contributed by atoms with Crippen molar-refractivity contribution in [1.82, 2.24) is 5.06 Å². The second-order valence-electron chi connectivity index (χ2n) is 4.57. The van der Waals surface area contributed by atoms with Gasteiger partial charge in [-0.15, -0.1) is 0 Å². The summed E-state index contributed by atoms with van der Waals surface area (Å²) < 4.78 is 5.00. The lowest BCUT2D eigenvalue weighted by Gasteiger charge is -2.33. The van der Waals surface area contributed by atoms with Gasteiger partial charge in [-0.1, -0.05) is 13.8 Å². The van der Waals surface area contributed by atoms with Gasteiger partial charge in [-0.25, -0.2) is 5.06 Å². The summed E-state index contributed by atoms with van der Waals surface area (Å²) in [5, 5.41) is 1.51. The fourth-order valence-electron chi connectivity index (χ4n) is 1.56. The van der Waals surface area contributed by atoms with E-state index in [1.165, 1.54) is 5.06 Å². The third kappa shape index (κ3) is 3.47. The molecule has 0 aromatic carbocycles. The molecule has 1 amide bonds. The number of nitrogens with zero attached hydrogens (tertiary/aromatic N) is 1. The van der Waals surface area contributed by atoms with E-state index in [1.807, 2.05) is 13.8 Å². The van der Waals surface area contributed by atoms with Gasteiger partial charge in [-0.3, -0.25) is 9.63 Å². The second kappa shape index (κ2) is 5.47. The lowest BCUT2D eigenvalue weighted by molar-refractivity contribution is -0.206. The van der Waals surface area contributed by atoms with Gasteiger partial charge in [0.25, 0.3) is 5.91 Å². The third-order valence-electron chi connectivity index (χ3n) is 2.74. The van der Waals surface area contributed by atoms with E-state index in [-0.39, 0.29) is 5.91 Å². The van der Waals surface area contributed by atoms with Gasteiger partial charge in [0.2, 0.25) is 0 Å². The van der Waals surface area contributed by atoms with Crippen LogP contribution in [0.1, 0.15) is 33.1 Å². The van der Waals surface area contributed by atoms with Gasteiger partial charge in [0.1, 0.15) is 0 Å². The Balaban J connectivity index is 2.48. The summed E-state index contributed by atoms with van der Waals surface area (Å²) >= 11 is 0. The standard InChI is InChI=1S/C11H21NO3/c1-11(2,6-9-14-3)10(13)12-7-4-5-8-15-12/h4-9H2,1-3H3. The molecular weight excluding hydrogens is 194 g/mol. The van der Waals surface area contributed by atoms with Crippen molar-refractivity contribution < 1.29 is 14.4 Å². The molecule has 1 aliphatic rings. The molecule has 1 aliphatic heterocycles. The van der Waals surface area contributed by atoms with Gasteiger partial charge in [-0.05, 0) is 19.3 Å². The van der Waals surface area contributed by atoms with Crippen LogP contribution in [0.5, 0.6) is 0 Å². The first kappa shape index (κ1) is 12.5. The molecule has 1 heterocycles. The molecule has 0 aromatic heterocycles. The van der Waals surface area contributed by atoms with Crippen molar-refractivity contribution in [3.8, 4) is 0 Å². The number of methoxy groups -OCH3 is 1. The summed E-state index contributed by atoms with van der Waals surface area (Å²) in [6.45, 7) is 5.85. The monoisotopic (exact) mass is 215 g/mol. The van der Waals surface area contributed by atoms with Gasteiger partial charge in [0.15, 0.2) is 0 Å². The first-order valence-electron chi connectivity index (χ1n) is 5.52. The Hall–Kier alpha value is -0.610. The predicted octanol–water partition coefficient (Wildman–Crippen LogP) is 1.60. The summed E-state index contributed by atoms with van der Waals surface area (Å²) in [6.07, 6.45) is 2.80. The Morgan fingerprint density at radius 2 is 2.20 bits per heavy atom. The average Bonchev–Trinajstić information content (AvgIpc) is 2.26. The summed E-state index contributed by atoms with van der Waals surface area (Å²) in [6, 6.07) is 0. The van der Waals surface area contributed by atoms with Crippen LogP contribution in [0.15, 0.2) is 0 Å². The van der Waals surface area contributed by atoms with Crippen LogP contribution in [0, 0.1) is 5.41 Å². The summed E-state index contributed by atoms with van der Waals surface area (Å²) in [5.41, 5.74) is -0.395. The van der Waals surface area contributed by atoms with Crippen LogP contribution >= 0.6 is 0 Å². The van der Waals surface area contributed by atoms with Crippen LogP contribution in [-0.2, 0) is 14.4 Å². The molecule has 0 unspecified atom stereocenters. The van der Waals surface area contributed by atoms with Crippen LogP contribution in [0.4, 0.5) is 0 Å². The molecule has 1 rings (SSSR count). The molecule has 0 N–H and O–H groups in total. The highest BCUT2D eigenvalue weighted by molar-refractivity contribution is 5.81. The van der Waals surface area contributed by atoms with Crippen LogP contribution in [0.2, 0.25) is 0 Å². The van der Waals surface area contributed by atoms with Crippen molar-refractivity contribution in [1.29, 1.82) is 0 Å². The van der Waals surface area contributed by atoms with E-state index in [4.69, 9.17) is 9.57 Å². The molecule has 0 spiro atoms. The molecule has 0 saturated carbocycles. The minimum Gasteiger partial charge on any atom is -0.385 e. The van der Waals surface area contributed by atoms with Crippen molar-refractivity contribution in [2.24, 2.45) is 5.41 Å². The molecule has 0 radical (unpaired) electrons. The van der Waals surface area contributed by atoms with Crippen LogP contribution in [-0.4, -0.2) is 37.8 Å². The number of amides is 1. The maximum atomic E-state index is 12.1. The van der Waals surface area contributed by atoms with Gasteiger partial charge in [0, 0.05) is 25.7 Å².